The van der Waals surface area contributed by atoms with E-state index in [0.29, 0.717) is 19.6 Å². The molecule has 0 heterocycles. The molecule has 0 aliphatic rings. The van der Waals surface area contributed by atoms with Gasteiger partial charge in [0.2, 0.25) is 15.9 Å². The molecule has 1 aromatic carbocycles. The van der Waals surface area contributed by atoms with E-state index >= 15 is 0 Å². The molecule has 1 amide bonds. The molecule has 0 saturated heterocycles. The number of hydrogen-bond acceptors (Lipinski definition) is 4. The molecule has 0 fully saturated rings. The van der Waals surface area contributed by atoms with E-state index in [1.165, 1.54) is 18.2 Å². The van der Waals surface area contributed by atoms with Crippen LogP contribution < -0.4 is 10.0 Å². The molecule has 0 bridgehead atoms. The number of rotatable bonds is 8. The van der Waals surface area contributed by atoms with E-state index in [1.807, 2.05) is 0 Å². The molecule has 0 saturated carbocycles. The first-order valence-electron chi connectivity index (χ1n) is 6.07. The van der Waals surface area contributed by atoms with Gasteiger partial charge in [-0.05, 0) is 24.6 Å². The Bertz CT molecular complexity index is 593. The smallest absolute Gasteiger partial charge is 0.242 e. The lowest BCUT2D eigenvalue weighted by Crippen LogP contribution is -2.37. The maximum absolute atomic E-state index is 12.0. The highest BCUT2D eigenvalue weighted by Gasteiger charge is 2.19. The Morgan fingerprint density at radius 1 is 1.33 bits per heavy atom. The van der Waals surface area contributed by atoms with Crippen LogP contribution in [0.15, 0.2) is 23.1 Å². The molecule has 1 rings (SSSR count). The molecule has 21 heavy (non-hydrogen) atoms. The molecule has 9 heteroatoms. The minimum Gasteiger partial charge on any atom is -0.385 e. The van der Waals surface area contributed by atoms with E-state index in [0.717, 1.165) is 0 Å². The SMILES string of the molecule is COCCCNC(=O)CNS(=O)(=O)c1cc(Cl)ccc1Cl. The van der Waals surface area contributed by atoms with Crippen LogP contribution in [0.25, 0.3) is 0 Å². The molecule has 6 nitrogen and oxygen atoms in total. The van der Waals surface area contributed by atoms with Crippen molar-refractivity contribution in [2.75, 3.05) is 26.8 Å². The third kappa shape index (κ3) is 6.19. The largest absolute Gasteiger partial charge is 0.385 e. The van der Waals surface area contributed by atoms with Crippen LogP contribution in [0.3, 0.4) is 0 Å². The van der Waals surface area contributed by atoms with Crippen molar-refractivity contribution in [2.24, 2.45) is 0 Å². The van der Waals surface area contributed by atoms with Gasteiger partial charge in [0, 0.05) is 25.3 Å². The highest BCUT2D eigenvalue weighted by molar-refractivity contribution is 7.89. The van der Waals surface area contributed by atoms with E-state index < -0.39 is 15.9 Å². The Morgan fingerprint density at radius 2 is 2.05 bits per heavy atom. The van der Waals surface area contributed by atoms with E-state index in [1.54, 1.807) is 7.11 Å². The van der Waals surface area contributed by atoms with Crippen molar-refractivity contribution in [1.82, 2.24) is 10.0 Å². The first-order chi connectivity index (χ1) is 9.86. The number of carbonyl (C=O) groups excluding carboxylic acids is 1. The summed E-state index contributed by atoms with van der Waals surface area (Å²) >= 11 is 11.6. The van der Waals surface area contributed by atoms with Gasteiger partial charge in [0.1, 0.15) is 4.90 Å². The van der Waals surface area contributed by atoms with Gasteiger partial charge < -0.3 is 10.1 Å². The number of hydrogen-bond donors (Lipinski definition) is 2. The fraction of sp³-hybridized carbons (Fsp3) is 0.417. The van der Waals surface area contributed by atoms with Crippen LogP contribution in [0.4, 0.5) is 0 Å². The van der Waals surface area contributed by atoms with Gasteiger partial charge in [-0.25, -0.2) is 13.1 Å². The van der Waals surface area contributed by atoms with Crippen molar-refractivity contribution in [3.05, 3.63) is 28.2 Å². The van der Waals surface area contributed by atoms with Crippen LogP contribution in [0.2, 0.25) is 10.0 Å². The number of amides is 1. The average molecular weight is 355 g/mol. The highest BCUT2D eigenvalue weighted by atomic mass is 35.5. The van der Waals surface area contributed by atoms with Gasteiger partial charge in [0.15, 0.2) is 0 Å². The molecule has 0 radical (unpaired) electrons. The van der Waals surface area contributed by atoms with E-state index in [2.05, 4.69) is 10.0 Å². The summed E-state index contributed by atoms with van der Waals surface area (Å²) in [6, 6.07) is 4.08. The minimum absolute atomic E-state index is 0.0346. The van der Waals surface area contributed by atoms with Gasteiger partial charge in [0.05, 0.1) is 11.6 Å². The van der Waals surface area contributed by atoms with Gasteiger partial charge in [-0.3, -0.25) is 4.79 Å². The Hall–Kier alpha value is -0.860. The lowest BCUT2D eigenvalue weighted by atomic mass is 10.4. The zero-order valence-electron chi connectivity index (χ0n) is 11.4. The molecule has 1 aromatic rings. The summed E-state index contributed by atoms with van der Waals surface area (Å²) in [5.41, 5.74) is 0. The van der Waals surface area contributed by atoms with Gasteiger partial charge in [-0.2, -0.15) is 0 Å². The number of halogens is 2. The number of nitrogens with one attached hydrogen (secondary N) is 2. The average Bonchev–Trinajstić information content (AvgIpc) is 2.44. The Morgan fingerprint density at radius 3 is 2.71 bits per heavy atom. The fourth-order valence-corrected chi connectivity index (χ4v) is 3.17. The third-order valence-corrected chi connectivity index (χ3v) is 4.57. The number of sulfonamides is 1. The summed E-state index contributed by atoms with van der Waals surface area (Å²) in [6.45, 7) is 0.550. The molecule has 0 aliphatic carbocycles. The van der Waals surface area contributed by atoms with Crippen LogP contribution >= 0.6 is 23.2 Å². The molecule has 0 atom stereocenters. The predicted molar refractivity (Wildman–Crippen MR) is 81.2 cm³/mol. The summed E-state index contributed by atoms with van der Waals surface area (Å²) in [7, 11) is -2.34. The van der Waals surface area contributed by atoms with Crippen LogP contribution in [0.5, 0.6) is 0 Å². The van der Waals surface area contributed by atoms with Crippen molar-refractivity contribution >= 4 is 39.1 Å². The molecule has 0 aromatic heterocycles. The molecule has 118 valence electrons. The minimum atomic E-state index is -3.90. The summed E-state index contributed by atoms with van der Waals surface area (Å²) < 4.78 is 31.1. The lowest BCUT2D eigenvalue weighted by Gasteiger charge is -2.09. The quantitative estimate of drug-likeness (QED) is 0.691. The van der Waals surface area contributed by atoms with E-state index in [4.69, 9.17) is 27.9 Å². The molecule has 0 unspecified atom stereocenters. The fourth-order valence-electron chi connectivity index (χ4n) is 1.43. The number of carbonyl (C=O) groups is 1. The monoisotopic (exact) mass is 354 g/mol. The second-order valence-corrected chi connectivity index (χ2v) is 6.67. The van der Waals surface area contributed by atoms with Crippen molar-refractivity contribution in [3.63, 3.8) is 0 Å². The standard InChI is InChI=1S/C12H16Cl2N2O4S/c1-20-6-2-5-15-12(17)8-16-21(18,19)11-7-9(13)3-4-10(11)14/h3-4,7,16H,2,5-6,8H2,1H3,(H,15,17). The molecule has 2 N–H and O–H groups in total. The Balaban J connectivity index is 2.57. The zero-order valence-corrected chi connectivity index (χ0v) is 13.7. The number of benzene rings is 1. The highest BCUT2D eigenvalue weighted by Crippen LogP contribution is 2.24. The van der Waals surface area contributed by atoms with E-state index in [-0.39, 0.29) is 21.5 Å². The Kier molecular flexibility index (Phi) is 7.41. The maximum Gasteiger partial charge on any atom is 0.242 e. The number of methoxy groups -OCH3 is 1. The first kappa shape index (κ1) is 18.2. The maximum atomic E-state index is 12.0. The normalized spacial score (nSPS) is 11.4. The van der Waals surface area contributed by atoms with Crippen molar-refractivity contribution < 1.29 is 17.9 Å². The van der Waals surface area contributed by atoms with Gasteiger partial charge in [0.25, 0.3) is 0 Å². The second-order valence-electron chi connectivity index (χ2n) is 4.10. The lowest BCUT2D eigenvalue weighted by molar-refractivity contribution is -0.120. The molecular formula is C12H16Cl2N2O4S. The van der Waals surface area contributed by atoms with Crippen LogP contribution in [-0.4, -0.2) is 41.1 Å². The summed E-state index contributed by atoms with van der Waals surface area (Å²) in [5.74, 6) is -0.437. The summed E-state index contributed by atoms with van der Waals surface area (Å²) in [6.07, 6.45) is 0.648. The van der Waals surface area contributed by atoms with Gasteiger partial charge in [-0.1, -0.05) is 23.2 Å². The summed E-state index contributed by atoms with van der Waals surface area (Å²) in [5, 5.41) is 2.84. The van der Waals surface area contributed by atoms with Crippen molar-refractivity contribution in [3.8, 4) is 0 Å². The van der Waals surface area contributed by atoms with Crippen LogP contribution in [0, 0.1) is 0 Å². The predicted octanol–water partition coefficient (Wildman–Crippen LogP) is 1.42. The first-order valence-corrected chi connectivity index (χ1v) is 8.31. The Labute approximate surface area is 133 Å². The van der Waals surface area contributed by atoms with Crippen LogP contribution in [0.1, 0.15) is 6.42 Å². The number of ether oxygens (including phenoxy) is 1. The second kappa shape index (κ2) is 8.55. The molecular weight excluding hydrogens is 339 g/mol. The van der Waals surface area contributed by atoms with Crippen LogP contribution in [-0.2, 0) is 19.6 Å². The van der Waals surface area contributed by atoms with Crippen molar-refractivity contribution in [2.45, 2.75) is 11.3 Å². The van der Waals surface area contributed by atoms with E-state index in [9.17, 15) is 13.2 Å². The molecule has 0 aliphatic heterocycles. The van der Waals surface area contributed by atoms with Gasteiger partial charge in [-0.15, -0.1) is 0 Å². The third-order valence-electron chi connectivity index (χ3n) is 2.45. The topological polar surface area (TPSA) is 84.5 Å². The van der Waals surface area contributed by atoms with Gasteiger partial charge >= 0.3 is 0 Å². The summed E-state index contributed by atoms with van der Waals surface area (Å²) in [4.78, 5) is 11.3. The molecule has 0 spiro atoms. The van der Waals surface area contributed by atoms with Crippen molar-refractivity contribution in [1.29, 1.82) is 0 Å². The zero-order chi connectivity index (χ0) is 15.9.